The van der Waals surface area contributed by atoms with Crippen LogP contribution in [0.25, 0.3) is 10.9 Å². The van der Waals surface area contributed by atoms with E-state index in [2.05, 4.69) is 14.9 Å². The predicted octanol–water partition coefficient (Wildman–Crippen LogP) is 2.25. The number of fused-ring (bicyclic) bond motifs is 1. The number of benzene rings is 1. The van der Waals surface area contributed by atoms with Crippen molar-refractivity contribution in [3.05, 3.63) is 48.4 Å². The van der Waals surface area contributed by atoms with Crippen LogP contribution in [-0.2, 0) is 16.1 Å². The van der Waals surface area contributed by atoms with Gasteiger partial charge in [-0.25, -0.2) is 9.97 Å². The third-order valence-electron chi connectivity index (χ3n) is 5.94. The molecule has 1 fully saturated rings. The largest absolute Gasteiger partial charge is 0.497 e. The number of aryl methyl sites for hydroxylation is 1. The summed E-state index contributed by atoms with van der Waals surface area (Å²) in [7, 11) is 1.56. The third kappa shape index (κ3) is 4.90. The van der Waals surface area contributed by atoms with Crippen LogP contribution in [0.1, 0.15) is 24.4 Å². The Morgan fingerprint density at radius 3 is 2.61 bits per heavy atom. The van der Waals surface area contributed by atoms with E-state index in [1.807, 2.05) is 21.6 Å². The van der Waals surface area contributed by atoms with Crippen LogP contribution >= 0.6 is 0 Å². The zero-order valence-electron chi connectivity index (χ0n) is 18.4. The van der Waals surface area contributed by atoms with Gasteiger partial charge in [-0.15, -0.1) is 0 Å². The molecule has 1 atom stereocenters. The van der Waals surface area contributed by atoms with Crippen molar-refractivity contribution in [2.45, 2.75) is 25.4 Å². The molecule has 0 amide bonds. The molecule has 2 aromatic heterocycles. The van der Waals surface area contributed by atoms with E-state index < -0.39 is 18.0 Å². The molecule has 2 N–H and O–H groups in total. The van der Waals surface area contributed by atoms with Crippen LogP contribution in [0.5, 0.6) is 5.75 Å². The summed E-state index contributed by atoms with van der Waals surface area (Å²) in [5.74, 6) is -0.592. The molecular formula is C23H27N5O5. The van der Waals surface area contributed by atoms with Crippen LogP contribution in [0.3, 0.4) is 0 Å². The maximum Gasteiger partial charge on any atom is 0.325 e. The molecule has 0 radical (unpaired) electrons. The summed E-state index contributed by atoms with van der Waals surface area (Å²) in [6, 6.07) is 6.35. The van der Waals surface area contributed by atoms with Gasteiger partial charge in [0.25, 0.3) is 0 Å². The van der Waals surface area contributed by atoms with Gasteiger partial charge in [-0.2, -0.15) is 0 Å². The standard InChI is InChI=1S/C23H27N5O5/c1-33-16-4-5-19-17(14-16)18(15-28(19)11-6-20(29)30)21(22(31)32)26-9-3-10-27(13-12-26)23-24-7-2-8-25-23/h2,4-5,7-8,14-15,21H,3,6,9-13H2,1H3,(H,29,30)(H,31,32). The number of rotatable bonds is 8. The predicted molar refractivity (Wildman–Crippen MR) is 122 cm³/mol. The van der Waals surface area contributed by atoms with E-state index in [9.17, 15) is 14.7 Å². The van der Waals surface area contributed by atoms with Crippen molar-refractivity contribution in [1.29, 1.82) is 0 Å². The average molecular weight is 453 g/mol. The Bertz CT molecular complexity index is 1130. The minimum absolute atomic E-state index is 0.0528. The van der Waals surface area contributed by atoms with E-state index in [4.69, 9.17) is 9.84 Å². The van der Waals surface area contributed by atoms with E-state index in [0.717, 1.165) is 23.9 Å². The average Bonchev–Trinajstić information content (AvgIpc) is 2.99. The highest BCUT2D eigenvalue weighted by Crippen LogP contribution is 2.34. The van der Waals surface area contributed by atoms with Gasteiger partial charge in [0.15, 0.2) is 0 Å². The van der Waals surface area contributed by atoms with Crippen molar-refractivity contribution in [3.8, 4) is 5.75 Å². The van der Waals surface area contributed by atoms with Crippen LogP contribution in [0.2, 0.25) is 0 Å². The van der Waals surface area contributed by atoms with Crippen molar-refractivity contribution in [3.63, 3.8) is 0 Å². The van der Waals surface area contributed by atoms with Crippen LogP contribution in [-0.4, -0.2) is 74.9 Å². The van der Waals surface area contributed by atoms with Crippen molar-refractivity contribution in [2.75, 3.05) is 38.2 Å². The summed E-state index contributed by atoms with van der Waals surface area (Å²) in [6.07, 6.45) is 5.88. The molecule has 1 aliphatic rings. The number of ether oxygens (including phenoxy) is 1. The maximum absolute atomic E-state index is 12.5. The van der Waals surface area contributed by atoms with Crippen LogP contribution in [0.15, 0.2) is 42.9 Å². The highest BCUT2D eigenvalue weighted by Gasteiger charge is 2.32. The summed E-state index contributed by atoms with van der Waals surface area (Å²) in [5.41, 5.74) is 1.42. The Labute approximate surface area is 191 Å². The Kier molecular flexibility index (Phi) is 6.74. The molecule has 3 aromatic rings. The first-order valence-corrected chi connectivity index (χ1v) is 10.9. The number of carboxylic acids is 2. The SMILES string of the molecule is COc1ccc2c(c1)c(C(C(=O)O)N1CCCN(c3ncccn3)CC1)cn2CCC(=O)O. The summed E-state index contributed by atoms with van der Waals surface area (Å²) < 4.78 is 7.18. The summed E-state index contributed by atoms with van der Waals surface area (Å²) in [4.78, 5) is 36.3. The van der Waals surface area contributed by atoms with E-state index >= 15 is 0 Å². The second-order valence-electron chi connectivity index (χ2n) is 7.97. The van der Waals surface area contributed by atoms with Gasteiger partial charge < -0.3 is 24.4 Å². The number of carboxylic acid groups (broad SMARTS) is 2. The van der Waals surface area contributed by atoms with E-state index in [1.54, 1.807) is 37.8 Å². The van der Waals surface area contributed by atoms with Crippen LogP contribution < -0.4 is 9.64 Å². The zero-order valence-corrected chi connectivity index (χ0v) is 18.4. The molecule has 3 heterocycles. The lowest BCUT2D eigenvalue weighted by atomic mass is 10.0. The number of aliphatic carboxylic acids is 2. The van der Waals surface area contributed by atoms with E-state index in [0.29, 0.717) is 36.9 Å². The fraction of sp³-hybridized carbons (Fsp3) is 0.391. The second kappa shape index (κ2) is 9.86. The number of anilines is 1. The van der Waals surface area contributed by atoms with Crippen LogP contribution in [0.4, 0.5) is 5.95 Å². The molecule has 0 saturated carbocycles. The lowest BCUT2D eigenvalue weighted by Gasteiger charge is -2.27. The number of aromatic nitrogens is 3. The normalized spacial score (nSPS) is 15.8. The molecule has 10 heteroatoms. The van der Waals surface area contributed by atoms with Crippen molar-refractivity contribution < 1.29 is 24.5 Å². The molecule has 10 nitrogen and oxygen atoms in total. The number of hydrogen-bond donors (Lipinski definition) is 2. The van der Waals surface area contributed by atoms with Gasteiger partial charge in [-0.3, -0.25) is 14.5 Å². The van der Waals surface area contributed by atoms with Gasteiger partial charge in [0.2, 0.25) is 5.95 Å². The lowest BCUT2D eigenvalue weighted by molar-refractivity contribution is -0.143. The Hall–Kier alpha value is -3.66. The molecule has 0 aliphatic carbocycles. The third-order valence-corrected chi connectivity index (χ3v) is 5.94. The molecule has 0 spiro atoms. The quantitative estimate of drug-likeness (QED) is 0.529. The summed E-state index contributed by atoms with van der Waals surface area (Å²) in [5, 5.41) is 20.1. The molecule has 1 saturated heterocycles. The molecule has 174 valence electrons. The summed E-state index contributed by atoms with van der Waals surface area (Å²) in [6.45, 7) is 2.73. The zero-order chi connectivity index (χ0) is 23.4. The first-order valence-electron chi connectivity index (χ1n) is 10.9. The Morgan fingerprint density at radius 1 is 1.12 bits per heavy atom. The van der Waals surface area contributed by atoms with E-state index in [1.165, 1.54) is 0 Å². The minimum atomic E-state index is -0.945. The minimum Gasteiger partial charge on any atom is -0.497 e. The van der Waals surface area contributed by atoms with Gasteiger partial charge in [0.1, 0.15) is 11.8 Å². The first kappa shape index (κ1) is 22.5. The van der Waals surface area contributed by atoms with Crippen molar-refractivity contribution in [1.82, 2.24) is 19.4 Å². The van der Waals surface area contributed by atoms with E-state index in [-0.39, 0.29) is 13.0 Å². The van der Waals surface area contributed by atoms with Gasteiger partial charge in [0, 0.05) is 67.8 Å². The fourth-order valence-electron chi connectivity index (χ4n) is 4.39. The van der Waals surface area contributed by atoms with Crippen molar-refractivity contribution in [2.24, 2.45) is 0 Å². The highest BCUT2D eigenvalue weighted by atomic mass is 16.5. The Balaban J connectivity index is 1.67. The fourth-order valence-corrected chi connectivity index (χ4v) is 4.39. The molecule has 1 aromatic carbocycles. The lowest BCUT2D eigenvalue weighted by Crippen LogP contribution is -2.37. The van der Waals surface area contributed by atoms with Gasteiger partial charge in [-0.1, -0.05) is 0 Å². The molecule has 33 heavy (non-hydrogen) atoms. The number of carbonyl (C=O) groups is 2. The van der Waals surface area contributed by atoms with Gasteiger partial charge in [0.05, 0.1) is 13.5 Å². The molecule has 0 bridgehead atoms. The number of nitrogens with zero attached hydrogens (tertiary/aromatic N) is 5. The molecule has 1 unspecified atom stereocenters. The number of methoxy groups -OCH3 is 1. The molecular weight excluding hydrogens is 426 g/mol. The van der Waals surface area contributed by atoms with Crippen molar-refractivity contribution >= 4 is 28.8 Å². The maximum atomic E-state index is 12.5. The van der Waals surface area contributed by atoms with Gasteiger partial charge >= 0.3 is 11.9 Å². The smallest absolute Gasteiger partial charge is 0.325 e. The molecule has 4 rings (SSSR count). The highest BCUT2D eigenvalue weighted by molar-refractivity contribution is 5.90. The topological polar surface area (TPSA) is 121 Å². The summed E-state index contributed by atoms with van der Waals surface area (Å²) >= 11 is 0. The monoisotopic (exact) mass is 453 g/mol. The van der Waals surface area contributed by atoms with Gasteiger partial charge in [-0.05, 0) is 30.7 Å². The molecule has 1 aliphatic heterocycles. The number of hydrogen-bond acceptors (Lipinski definition) is 7. The Morgan fingerprint density at radius 2 is 1.91 bits per heavy atom. The first-order chi connectivity index (χ1) is 16.0. The second-order valence-corrected chi connectivity index (χ2v) is 7.97. The van der Waals surface area contributed by atoms with Crippen LogP contribution in [0, 0.1) is 0 Å².